The summed E-state index contributed by atoms with van der Waals surface area (Å²) in [5, 5.41) is 0. The highest BCUT2D eigenvalue weighted by atomic mass is 16.6. The van der Waals surface area contributed by atoms with E-state index in [1.807, 2.05) is 0 Å². The first-order valence-electron chi connectivity index (χ1n) is 28.0. The first-order valence-corrected chi connectivity index (χ1v) is 28.0. The highest BCUT2D eigenvalue weighted by molar-refractivity contribution is 5.71. The molecule has 0 fully saturated rings. The lowest BCUT2D eigenvalue weighted by Crippen LogP contribution is -2.30. The number of carbonyl (C=O) groups is 3. The van der Waals surface area contributed by atoms with Crippen LogP contribution in [0.4, 0.5) is 0 Å². The number of esters is 3. The van der Waals surface area contributed by atoms with E-state index in [-0.39, 0.29) is 31.1 Å². The zero-order valence-corrected chi connectivity index (χ0v) is 42.8. The van der Waals surface area contributed by atoms with Crippen LogP contribution in [0.2, 0.25) is 0 Å². The van der Waals surface area contributed by atoms with E-state index in [0.29, 0.717) is 19.3 Å². The summed E-state index contributed by atoms with van der Waals surface area (Å²) < 4.78 is 16.8. The molecule has 0 amide bonds. The number of hydrogen-bond acceptors (Lipinski definition) is 6. The van der Waals surface area contributed by atoms with Crippen LogP contribution >= 0.6 is 0 Å². The van der Waals surface area contributed by atoms with Crippen LogP contribution in [-0.2, 0) is 28.6 Å². The van der Waals surface area contributed by atoms with Crippen molar-refractivity contribution >= 4 is 17.9 Å². The molecule has 0 N–H and O–H groups in total. The standard InChI is InChI=1S/C58H106O6/c1-4-7-10-13-16-19-22-25-27-28-29-30-31-34-36-39-42-45-48-51-57(60)63-54-55(53-62-56(59)50-47-44-41-38-35-32-24-21-18-15-12-9-6-3)64-58(61)52-49-46-43-40-37-33-26-23-20-17-14-11-8-5-2/h9,12,15,18,21,24,55H,4-8,10-11,13-14,16-17,19-20,22-23,25-54H2,1-3H3/b12-9-,18-15-,24-21-. The number of hydrogen-bond donors (Lipinski definition) is 0. The molecule has 1 unspecified atom stereocenters. The summed E-state index contributed by atoms with van der Waals surface area (Å²) in [4.78, 5) is 38.1. The normalized spacial score (nSPS) is 12.2. The Kier molecular flexibility index (Phi) is 51.3. The second kappa shape index (κ2) is 53.2. The fourth-order valence-corrected chi connectivity index (χ4v) is 8.27. The lowest BCUT2D eigenvalue weighted by molar-refractivity contribution is -0.167. The Labute approximate surface area is 397 Å². The molecule has 0 aliphatic carbocycles. The van der Waals surface area contributed by atoms with Gasteiger partial charge in [-0.05, 0) is 38.5 Å². The summed E-state index contributed by atoms with van der Waals surface area (Å²) in [6.07, 6.45) is 62.8. The molecule has 6 nitrogen and oxygen atoms in total. The maximum atomic E-state index is 12.8. The van der Waals surface area contributed by atoms with Gasteiger partial charge in [-0.1, -0.05) is 276 Å². The number of carbonyl (C=O) groups excluding carboxylic acids is 3. The van der Waals surface area contributed by atoms with Gasteiger partial charge in [-0.15, -0.1) is 0 Å². The Morgan fingerprint density at radius 2 is 0.609 bits per heavy atom. The zero-order chi connectivity index (χ0) is 46.5. The van der Waals surface area contributed by atoms with Crippen LogP contribution in [0.3, 0.4) is 0 Å². The third kappa shape index (κ3) is 50.6. The Bertz CT molecular complexity index is 1080. The van der Waals surface area contributed by atoms with Gasteiger partial charge in [0.1, 0.15) is 13.2 Å². The number of rotatable bonds is 51. The van der Waals surface area contributed by atoms with E-state index in [0.717, 1.165) is 83.5 Å². The SMILES string of the molecule is CC\C=C/C=C\C=C/CCCCCCCC(=O)OCC(COC(=O)CCCCCCCCCCCCCCCCCCCCC)OC(=O)CCCCCCCCCCCCCCCC. The largest absolute Gasteiger partial charge is 0.462 e. The van der Waals surface area contributed by atoms with E-state index >= 15 is 0 Å². The predicted molar refractivity (Wildman–Crippen MR) is 275 cm³/mol. The van der Waals surface area contributed by atoms with Gasteiger partial charge in [-0.2, -0.15) is 0 Å². The van der Waals surface area contributed by atoms with Gasteiger partial charge >= 0.3 is 17.9 Å². The fraction of sp³-hybridized carbons (Fsp3) is 0.845. The lowest BCUT2D eigenvalue weighted by atomic mass is 10.0. The quantitative estimate of drug-likeness (QED) is 0.0262. The van der Waals surface area contributed by atoms with Crippen molar-refractivity contribution in [3.05, 3.63) is 36.5 Å². The third-order valence-corrected chi connectivity index (χ3v) is 12.5. The smallest absolute Gasteiger partial charge is 0.306 e. The second-order valence-electron chi connectivity index (χ2n) is 18.9. The molecule has 0 radical (unpaired) electrons. The van der Waals surface area contributed by atoms with Crippen molar-refractivity contribution in [2.45, 2.75) is 303 Å². The average molecular weight is 899 g/mol. The van der Waals surface area contributed by atoms with E-state index in [9.17, 15) is 14.4 Å². The van der Waals surface area contributed by atoms with E-state index in [1.165, 1.54) is 173 Å². The van der Waals surface area contributed by atoms with Crippen LogP contribution in [-0.4, -0.2) is 37.2 Å². The van der Waals surface area contributed by atoms with Gasteiger partial charge in [0.25, 0.3) is 0 Å². The highest BCUT2D eigenvalue weighted by Gasteiger charge is 2.19. The van der Waals surface area contributed by atoms with E-state index in [1.54, 1.807) is 0 Å². The van der Waals surface area contributed by atoms with Crippen molar-refractivity contribution < 1.29 is 28.6 Å². The van der Waals surface area contributed by atoms with E-state index in [2.05, 4.69) is 57.2 Å². The molecule has 0 saturated heterocycles. The molecule has 0 aliphatic rings. The fourth-order valence-electron chi connectivity index (χ4n) is 8.27. The van der Waals surface area contributed by atoms with Gasteiger partial charge in [0.2, 0.25) is 0 Å². The van der Waals surface area contributed by atoms with Crippen LogP contribution in [0, 0.1) is 0 Å². The van der Waals surface area contributed by atoms with Crippen LogP contribution in [0.5, 0.6) is 0 Å². The van der Waals surface area contributed by atoms with Crippen molar-refractivity contribution in [2.75, 3.05) is 13.2 Å². The second-order valence-corrected chi connectivity index (χ2v) is 18.9. The Morgan fingerprint density at radius 3 is 0.938 bits per heavy atom. The van der Waals surface area contributed by atoms with E-state index in [4.69, 9.17) is 14.2 Å². The summed E-state index contributed by atoms with van der Waals surface area (Å²) in [6.45, 7) is 6.53. The Morgan fingerprint density at radius 1 is 0.328 bits per heavy atom. The topological polar surface area (TPSA) is 78.9 Å². The maximum absolute atomic E-state index is 12.8. The van der Waals surface area contributed by atoms with Crippen molar-refractivity contribution in [1.29, 1.82) is 0 Å². The molecule has 64 heavy (non-hydrogen) atoms. The number of allylic oxidation sites excluding steroid dienone is 6. The first-order chi connectivity index (χ1) is 31.5. The molecule has 0 rings (SSSR count). The van der Waals surface area contributed by atoms with Gasteiger partial charge in [-0.25, -0.2) is 0 Å². The summed E-state index contributed by atoms with van der Waals surface area (Å²) in [5.74, 6) is -0.878. The first kappa shape index (κ1) is 61.6. The van der Waals surface area contributed by atoms with Gasteiger partial charge in [0.15, 0.2) is 6.10 Å². The number of unbranched alkanes of at least 4 members (excludes halogenated alkanes) is 36. The van der Waals surface area contributed by atoms with Crippen molar-refractivity contribution in [3.63, 3.8) is 0 Å². The van der Waals surface area contributed by atoms with Crippen LogP contribution in [0.1, 0.15) is 297 Å². The van der Waals surface area contributed by atoms with Crippen molar-refractivity contribution in [2.24, 2.45) is 0 Å². The zero-order valence-electron chi connectivity index (χ0n) is 42.8. The highest BCUT2D eigenvalue weighted by Crippen LogP contribution is 2.17. The Hall–Kier alpha value is -2.37. The van der Waals surface area contributed by atoms with Crippen LogP contribution in [0.15, 0.2) is 36.5 Å². The molecule has 6 heteroatoms. The molecule has 0 bridgehead atoms. The average Bonchev–Trinajstić information content (AvgIpc) is 3.29. The van der Waals surface area contributed by atoms with Crippen molar-refractivity contribution in [3.8, 4) is 0 Å². The molecule has 0 saturated carbocycles. The third-order valence-electron chi connectivity index (χ3n) is 12.5. The summed E-state index contributed by atoms with van der Waals surface area (Å²) >= 11 is 0. The molecule has 0 aromatic rings. The minimum atomic E-state index is -0.775. The van der Waals surface area contributed by atoms with Gasteiger partial charge < -0.3 is 14.2 Å². The minimum Gasteiger partial charge on any atom is -0.462 e. The van der Waals surface area contributed by atoms with Gasteiger partial charge in [-0.3, -0.25) is 14.4 Å². The molecule has 1 atom stereocenters. The predicted octanol–water partition coefficient (Wildman–Crippen LogP) is 18.5. The van der Waals surface area contributed by atoms with Gasteiger partial charge in [0, 0.05) is 19.3 Å². The molecule has 0 aromatic heterocycles. The van der Waals surface area contributed by atoms with Crippen LogP contribution < -0.4 is 0 Å². The van der Waals surface area contributed by atoms with E-state index < -0.39 is 6.10 Å². The molecule has 374 valence electrons. The molecular weight excluding hydrogens is 793 g/mol. The van der Waals surface area contributed by atoms with Crippen LogP contribution in [0.25, 0.3) is 0 Å². The molecule has 0 heterocycles. The molecule has 0 spiro atoms. The molecular formula is C58H106O6. The summed E-state index contributed by atoms with van der Waals surface area (Å²) in [7, 11) is 0. The monoisotopic (exact) mass is 899 g/mol. The molecule has 0 aliphatic heterocycles. The number of ether oxygens (including phenoxy) is 3. The summed E-state index contributed by atoms with van der Waals surface area (Å²) in [6, 6.07) is 0. The van der Waals surface area contributed by atoms with Gasteiger partial charge in [0.05, 0.1) is 0 Å². The minimum absolute atomic E-state index is 0.0740. The summed E-state index contributed by atoms with van der Waals surface area (Å²) in [5.41, 5.74) is 0. The van der Waals surface area contributed by atoms with Crippen molar-refractivity contribution in [1.82, 2.24) is 0 Å². The molecule has 0 aromatic carbocycles. The lowest BCUT2D eigenvalue weighted by Gasteiger charge is -2.18. The maximum Gasteiger partial charge on any atom is 0.306 e. The Balaban J connectivity index is 4.31.